The van der Waals surface area contributed by atoms with Crippen LogP contribution in [0.3, 0.4) is 0 Å². The molecule has 0 unspecified atom stereocenters. The van der Waals surface area contributed by atoms with Crippen molar-refractivity contribution in [2.24, 2.45) is 0 Å². The number of anilines is 1. The molecule has 0 aliphatic carbocycles. The van der Waals surface area contributed by atoms with Gasteiger partial charge in [-0.05, 0) is 36.4 Å². The molecule has 132 valence electrons. The minimum Gasteiger partial charge on any atom is -0.325 e. The van der Waals surface area contributed by atoms with Gasteiger partial charge in [-0.2, -0.15) is 0 Å². The monoisotopic (exact) mass is 370 g/mol. The first-order chi connectivity index (χ1) is 12.6. The van der Waals surface area contributed by atoms with E-state index in [0.717, 1.165) is 11.8 Å². The van der Waals surface area contributed by atoms with E-state index in [1.165, 1.54) is 28.8 Å². The Morgan fingerprint density at radius 3 is 2.81 bits per heavy atom. The van der Waals surface area contributed by atoms with Crippen molar-refractivity contribution in [3.63, 3.8) is 0 Å². The van der Waals surface area contributed by atoms with Crippen LogP contribution in [0.15, 0.2) is 65.2 Å². The Kier molecular flexibility index (Phi) is 5.43. The third-order valence-electron chi connectivity index (χ3n) is 3.47. The number of fused-ring (bicyclic) bond motifs is 1. The number of halogens is 1. The van der Waals surface area contributed by atoms with Crippen LogP contribution in [0.1, 0.15) is 0 Å². The van der Waals surface area contributed by atoms with Gasteiger partial charge in [0.2, 0.25) is 5.91 Å². The molecule has 2 aromatic heterocycles. The van der Waals surface area contributed by atoms with E-state index in [1.54, 1.807) is 24.4 Å². The summed E-state index contributed by atoms with van der Waals surface area (Å²) in [5.74, 6) is -0.625. The van der Waals surface area contributed by atoms with Gasteiger partial charge in [-0.3, -0.25) is 14.2 Å². The number of carbonyl (C=O) groups is 1. The van der Waals surface area contributed by atoms with E-state index >= 15 is 0 Å². The summed E-state index contributed by atoms with van der Waals surface area (Å²) in [6, 6.07) is 8.81. The number of aromatic nitrogens is 3. The Labute approximate surface area is 152 Å². The average molecular weight is 370 g/mol. The van der Waals surface area contributed by atoms with E-state index < -0.39 is 0 Å². The predicted octanol–water partition coefficient (Wildman–Crippen LogP) is 2.85. The second kappa shape index (κ2) is 7.92. The number of thioether (sulfide) groups is 1. The summed E-state index contributed by atoms with van der Waals surface area (Å²) in [4.78, 5) is 33.2. The first-order valence-electron chi connectivity index (χ1n) is 7.73. The molecular weight excluding hydrogens is 355 g/mol. The molecule has 0 radical (unpaired) electrons. The van der Waals surface area contributed by atoms with Crippen LogP contribution < -0.4 is 10.9 Å². The Morgan fingerprint density at radius 2 is 2.08 bits per heavy atom. The minimum absolute atomic E-state index is 0.0410. The van der Waals surface area contributed by atoms with Crippen molar-refractivity contribution in [1.29, 1.82) is 0 Å². The topological polar surface area (TPSA) is 76.9 Å². The van der Waals surface area contributed by atoms with Crippen LogP contribution in [-0.2, 0) is 11.3 Å². The highest BCUT2D eigenvalue weighted by atomic mass is 32.2. The third kappa shape index (κ3) is 3.97. The van der Waals surface area contributed by atoms with Gasteiger partial charge in [-0.25, -0.2) is 14.4 Å². The summed E-state index contributed by atoms with van der Waals surface area (Å²) in [7, 11) is 0. The molecule has 1 N–H and O–H groups in total. The highest BCUT2D eigenvalue weighted by Gasteiger charge is 2.13. The fourth-order valence-corrected chi connectivity index (χ4v) is 3.09. The smallest absolute Gasteiger partial charge is 0.263 e. The molecule has 26 heavy (non-hydrogen) atoms. The van der Waals surface area contributed by atoms with Gasteiger partial charge >= 0.3 is 0 Å². The Balaban J connectivity index is 1.80. The maximum Gasteiger partial charge on any atom is 0.263 e. The number of benzene rings is 1. The summed E-state index contributed by atoms with van der Waals surface area (Å²) in [6.07, 6.45) is 3.15. The Bertz CT molecular complexity index is 1020. The van der Waals surface area contributed by atoms with Gasteiger partial charge in [0.1, 0.15) is 5.82 Å². The molecule has 1 amide bonds. The molecule has 1 aromatic carbocycles. The van der Waals surface area contributed by atoms with E-state index in [9.17, 15) is 14.0 Å². The fourth-order valence-electron chi connectivity index (χ4n) is 2.30. The van der Waals surface area contributed by atoms with Crippen molar-refractivity contribution < 1.29 is 9.18 Å². The molecule has 0 fully saturated rings. The van der Waals surface area contributed by atoms with Gasteiger partial charge in [0.25, 0.3) is 5.56 Å². The Morgan fingerprint density at radius 1 is 1.31 bits per heavy atom. The standard InChI is InChI=1S/C18H15FN4O2S/c1-2-10-23-17(25)14-4-3-9-20-16(14)22-18(23)26-11-15(24)21-13-7-5-12(19)6-8-13/h2-9H,1,10-11H2,(H,21,24). The second-order valence-electron chi connectivity index (χ2n) is 5.32. The number of hydrogen-bond donors (Lipinski definition) is 1. The molecule has 8 heteroatoms. The summed E-state index contributed by atoms with van der Waals surface area (Å²) in [5, 5.41) is 3.46. The number of pyridine rings is 1. The van der Waals surface area contributed by atoms with E-state index in [1.807, 2.05) is 0 Å². The highest BCUT2D eigenvalue weighted by Crippen LogP contribution is 2.17. The zero-order valence-electron chi connectivity index (χ0n) is 13.7. The molecule has 0 bridgehead atoms. The van der Waals surface area contributed by atoms with Crippen molar-refractivity contribution in [1.82, 2.24) is 14.5 Å². The molecule has 0 aliphatic heterocycles. The lowest BCUT2D eigenvalue weighted by molar-refractivity contribution is -0.113. The molecule has 0 saturated carbocycles. The molecule has 0 saturated heterocycles. The zero-order valence-corrected chi connectivity index (χ0v) is 14.5. The molecule has 0 aliphatic rings. The maximum absolute atomic E-state index is 12.9. The van der Waals surface area contributed by atoms with Crippen molar-refractivity contribution >= 4 is 34.4 Å². The highest BCUT2D eigenvalue weighted by molar-refractivity contribution is 7.99. The van der Waals surface area contributed by atoms with Crippen molar-refractivity contribution in [2.75, 3.05) is 11.1 Å². The van der Waals surface area contributed by atoms with Gasteiger partial charge in [0, 0.05) is 18.4 Å². The van der Waals surface area contributed by atoms with Gasteiger partial charge in [0.05, 0.1) is 11.1 Å². The van der Waals surface area contributed by atoms with Gasteiger partial charge < -0.3 is 5.32 Å². The minimum atomic E-state index is -0.376. The lowest BCUT2D eigenvalue weighted by Crippen LogP contribution is -2.24. The van der Waals surface area contributed by atoms with Crippen LogP contribution in [0.5, 0.6) is 0 Å². The third-order valence-corrected chi connectivity index (χ3v) is 4.44. The van der Waals surface area contributed by atoms with Crippen LogP contribution in [-0.4, -0.2) is 26.2 Å². The van der Waals surface area contributed by atoms with Crippen molar-refractivity contribution in [3.05, 3.63) is 71.4 Å². The van der Waals surface area contributed by atoms with Crippen LogP contribution in [0, 0.1) is 5.82 Å². The molecule has 6 nitrogen and oxygen atoms in total. The predicted molar refractivity (Wildman–Crippen MR) is 99.7 cm³/mol. The van der Waals surface area contributed by atoms with Crippen LogP contribution in [0.2, 0.25) is 0 Å². The molecule has 2 heterocycles. The zero-order chi connectivity index (χ0) is 18.5. The summed E-state index contributed by atoms with van der Waals surface area (Å²) in [5.41, 5.74) is 0.595. The number of nitrogens with one attached hydrogen (secondary N) is 1. The second-order valence-corrected chi connectivity index (χ2v) is 6.26. The van der Waals surface area contributed by atoms with E-state index in [0.29, 0.717) is 21.9 Å². The Hall–Kier alpha value is -3.00. The van der Waals surface area contributed by atoms with Crippen molar-refractivity contribution in [2.45, 2.75) is 11.7 Å². The van der Waals surface area contributed by atoms with Crippen LogP contribution in [0.4, 0.5) is 10.1 Å². The lowest BCUT2D eigenvalue weighted by Gasteiger charge is -2.11. The lowest BCUT2D eigenvalue weighted by atomic mass is 10.3. The van der Waals surface area contributed by atoms with Crippen molar-refractivity contribution in [3.8, 4) is 0 Å². The van der Waals surface area contributed by atoms with Gasteiger partial charge in [0.15, 0.2) is 10.8 Å². The van der Waals surface area contributed by atoms with Gasteiger partial charge in [-0.15, -0.1) is 6.58 Å². The van der Waals surface area contributed by atoms with E-state index in [-0.39, 0.29) is 29.6 Å². The molecular formula is C18H15FN4O2S. The normalized spacial score (nSPS) is 10.7. The SMILES string of the molecule is C=CCn1c(SCC(=O)Nc2ccc(F)cc2)nc2ncccc2c1=O. The summed E-state index contributed by atoms with van der Waals surface area (Å²) >= 11 is 1.12. The number of nitrogens with zero attached hydrogens (tertiary/aromatic N) is 3. The molecule has 3 aromatic rings. The van der Waals surface area contributed by atoms with Crippen LogP contribution >= 0.6 is 11.8 Å². The first-order valence-corrected chi connectivity index (χ1v) is 8.71. The average Bonchev–Trinajstić information content (AvgIpc) is 2.64. The number of rotatable bonds is 6. The molecule has 3 rings (SSSR count). The number of allylic oxidation sites excluding steroid dienone is 1. The van der Waals surface area contributed by atoms with E-state index in [4.69, 9.17) is 0 Å². The largest absolute Gasteiger partial charge is 0.325 e. The first kappa shape index (κ1) is 17.8. The molecule has 0 atom stereocenters. The van der Waals surface area contributed by atoms with Gasteiger partial charge in [-0.1, -0.05) is 17.8 Å². The number of amides is 1. The number of carbonyl (C=O) groups excluding carboxylic acids is 1. The maximum atomic E-state index is 12.9. The van der Waals surface area contributed by atoms with E-state index in [2.05, 4.69) is 21.9 Å². The number of hydrogen-bond acceptors (Lipinski definition) is 5. The quantitative estimate of drug-likeness (QED) is 0.410. The van der Waals surface area contributed by atoms with Crippen LogP contribution in [0.25, 0.3) is 11.0 Å². The molecule has 0 spiro atoms. The fraction of sp³-hybridized carbons (Fsp3) is 0.111. The summed E-state index contributed by atoms with van der Waals surface area (Å²) < 4.78 is 14.4. The summed E-state index contributed by atoms with van der Waals surface area (Å²) in [6.45, 7) is 3.93.